The quantitative estimate of drug-likeness (QED) is 0.708. The molecule has 0 amide bonds. The van der Waals surface area contributed by atoms with Crippen molar-refractivity contribution in [2.75, 3.05) is 7.11 Å². The molecule has 0 radical (unpaired) electrons. The van der Waals surface area contributed by atoms with Crippen LogP contribution in [0.2, 0.25) is 0 Å². The van der Waals surface area contributed by atoms with Gasteiger partial charge in [-0.15, -0.1) is 0 Å². The van der Waals surface area contributed by atoms with Crippen LogP contribution in [0, 0.1) is 6.92 Å². The van der Waals surface area contributed by atoms with Gasteiger partial charge in [0.05, 0.1) is 12.7 Å². The van der Waals surface area contributed by atoms with Gasteiger partial charge in [0, 0.05) is 24.1 Å². The standard InChI is InChI=1S/C12H13NO2.C2H6/c1-8-7-13(2)11-6-9(12(14)15-3)4-5-10(8)11;1-2/h4-7H,1-3H3;1-2H3. The minimum absolute atomic E-state index is 0.296. The van der Waals surface area contributed by atoms with Gasteiger partial charge < -0.3 is 9.30 Å². The first-order valence-corrected chi connectivity index (χ1v) is 5.77. The molecule has 0 fully saturated rings. The third-order valence-corrected chi connectivity index (χ3v) is 2.61. The van der Waals surface area contributed by atoms with E-state index >= 15 is 0 Å². The van der Waals surface area contributed by atoms with Gasteiger partial charge in [-0.2, -0.15) is 0 Å². The third kappa shape index (κ3) is 2.49. The summed E-state index contributed by atoms with van der Waals surface area (Å²) < 4.78 is 6.69. The topological polar surface area (TPSA) is 31.2 Å². The summed E-state index contributed by atoms with van der Waals surface area (Å²) in [7, 11) is 3.36. The highest BCUT2D eigenvalue weighted by Crippen LogP contribution is 2.21. The summed E-state index contributed by atoms with van der Waals surface area (Å²) in [5.41, 5.74) is 2.85. The van der Waals surface area contributed by atoms with Crippen LogP contribution in [0.25, 0.3) is 10.9 Å². The van der Waals surface area contributed by atoms with Gasteiger partial charge in [-0.05, 0) is 24.6 Å². The van der Waals surface area contributed by atoms with Gasteiger partial charge in [-0.25, -0.2) is 4.79 Å². The molecule has 0 saturated heterocycles. The maximum Gasteiger partial charge on any atom is 0.337 e. The molecule has 0 N–H and O–H groups in total. The van der Waals surface area contributed by atoms with Crippen molar-refractivity contribution in [1.82, 2.24) is 4.57 Å². The van der Waals surface area contributed by atoms with Crippen LogP contribution in [0.15, 0.2) is 24.4 Å². The van der Waals surface area contributed by atoms with Crippen molar-refractivity contribution in [3.8, 4) is 0 Å². The van der Waals surface area contributed by atoms with E-state index in [0.29, 0.717) is 5.56 Å². The summed E-state index contributed by atoms with van der Waals surface area (Å²) in [4.78, 5) is 11.3. The number of aryl methyl sites for hydroxylation is 2. The van der Waals surface area contributed by atoms with Crippen LogP contribution in [-0.4, -0.2) is 17.6 Å². The molecule has 3 nitrogen and oxygen atoms in total. The van der Waals surface area contributed by atoms with Gasteiger partial charge in [-0.3, -0.25) is 0 Å². The Bertz CT molecular complexity index is 526. The first kappa shape index (κ1) is 13.3. The molecule has 0 aliphatic heterocycles. The van der Waals surface area contributed by atoms with Crippen LogP contribution < -0.4 is 0 Å². The molecule has 1 heterocycles. The lowest BCUT2D eigenvalue weighted by molar-refractivity contribution is 0.0601. The third-order valence-electron chi connectivity index (χ3n) is 2.61. The number of esters is 1. The van der Waals surface area contributed by atoms with E-state index in [1.165, 1.54) is 18.1 Å². The maximum atomic E-state index is 11.3. The normalized spacial score (nSPS) is 9.71. The van der Waals surface area contributed by atoms with Gasteiger partial charge >= 0.3 is 5.97 Å². The lowest BCUT2D eigenvalue weighted by Crippen LogP contribution is -2.00. The first-order valence-electron chi connectivity index (χ1n) is 5.77. The molecule has 0 unspecified atom stereocenters. The Kier molecular flexibility index (Phi) is 4.32. The highest BCUT2D eigenvalue weighted by Gasteiger charge is 2.08. The number of carbonyl (C=O) groups is 1. The minimum Gasteiger partial charge on any atom is -0.465 e. The second-order valence-electron chi connectivity index (χ2n) is 3.65. The van der Waals surface area contributed by atoms with Crippen molar-refractivity contribution in [3.63, 3.8) is 0 Å². The maximum absolute atomic E-state index is 11.3. The molecule has 2 rings (SSSR count). The van der Waals surface area contributed by atoms with Crippen LogP contribution in [0.1, 0.15) is 29.8 Å². The van der Waals surface area contributed by atoms with E-state index < -0.39 is 0 Å². The Morgan fingerprint density at radius 1 is 1.29 bits per heavy atom. The summed E-state index contributed by atoms with van der Waals surface area (Å²) in [6.45, 7) is 6.06. The van der Waals surface area contributed by atoms with E-state index in [4.69, 9.17) is 0 Å². The highest BCUT2D eigenvalue weighted by molar-refractivity contribution is 5.95. The predicted octanol–water partition coefficient (Wildman–Crippen LogP) is 3.30. The average Bonchev–Trinajstić information content (AvgIpc) is 2.66. The van der Waals surface area contributed by atoms with E-state index in [0.717, 1.165) is 5.52 Å². The molecule has 0 aliphatic rings. The predicted molar refractivity (Wildman–Crippen MR) is 70.3 cm³/mol. The Balaban J connectivity index is 0.000000686. The molecule has 92 valence electrons. The molecule has 17 heavy (non-hydrogen) atoms. The number of benzene rings is 1. The Hall–Kier alpha value is -1.77. The number of aromatic nitrogens is 1. The summed E-state index contributed by atoms with van der Waals surface area (Å²) in [6.07, 6.45) is 2.05. The summed E-state index contributed by atoms with van der Waals surface area (Å²) in [6, 6.07) is 5.60. The lowest BCUT2D eigenvalue weighted by Gasteiger charge is -2.01. The molecule has 2 aromatic rings. The number of hydrogen-bond acceptors (Lipinski definition) is 2. The van der Waals surface area contributed by atoms with E-state index in [-0.39, 0.29) is 5.97 Å². The van der Waals surface area contributed by atoms with E-state index in [1.807, 2.05) is 43.8 Å². The number of hydrogen-bond donors (Lipinski definition) is 0. The average molecular weight is 233 g/mol. The fraction of sp³-hybridized carbons (Fsp3) is 0.357. The zero-order valence-corrected chi connectivity index (χ0v) is 11.1. The molecule has 0 aliphatic carbocycles. The Morgan fingerprint density at radius 3 is 2.53 bits per heavy atom. The van der Waals surface area contributed by atoms with Crippen molar-refractivity contribution >= 4 is 16.9 Å². The summed E-state index contributed by atoms with van der Waals surface area (Å²) >= 11 is 0. The number of carbonyl (C=O) groups excluding carboxylic acids is 1. The molecular weight excluding hydrogens is 214 g/mol. The lowest BCUT2D eigenvalue weighted by atomic mass is 10.1. The summed E-state index contributed by atoms with van der Waals surface area (Å²) in [5, 5.41) is 1.17. The van der Waals surface area contributed by atoms with Crippen molar-refractivity contribution < 1.29 is 9.53 Å². The minimum atomic E-state index is -0.296. The second kappa shape index (κ2) is 5.53. The van der Waals surface area contributed by atoms with Crippen LogP contribution >= 0.6 is 0 Å². The molecule has 0 spiro atoms. The summed E-state index contributed by atoms with van der Waals surface area (Å²) in [5.74, 6) is -0.296. The molecule has 0 atom stereocenters. The SMILES string of the molecule is CC.COC(=O)c1ccc2c(C)cn(C)c2c1. The molecule has 1 aromatic heterocycles. The number of fused-ring (bicyclic) bond motifs is 1. The van der Waals surface area contributed by atoms with Crippen LogP contribution in [0.5, 0.6) is 0 Å². The zero-order chi connectivity index (χ0) is 13.0. The van der Waals surface area contributed by atoms with Crippen molar-refractivity contribution in [2.45, 2.75) is 20.8 Å². The van der Waals surface area contributed by atoms with E-state index in [2.05, 4.69) is 11.7 Å². The van der Waals surface area contributed by atoms with Crippen LogP contribution in [0.4, 0.5) is 0 Å². The van der Waals surface area contributed by atoms with Crippen LogP contribution in [-0.2, 0) is 11.8 Å². The van der Waals surface area contributed by atoms with E-state index in [9.17, 15) is 4.79 Å². The zero-order valence-electron chi connectivity index (χ0n) is 11.1. The monoisotopic (exact) mass is 233 g/mol. The number of nitrogens with zero attached hydrogens (tertiary/aromatic N) is 1. The molecule has 3 heteroatoms. The van der Waals surface area contributed by atoms with Gasteiger partial charge in [0.15, 0.2) is 0 Å². The molecular formula is C14H19NO2. The molecule has 0 saturated carbocycles. The molecule has 0 bridgehead atoms. The van der Waals surface area contributed by atoms with Gasteiger partial charge in [0.25, 0.3) is 0 Å². The number of rotatable bonds is 1. The van der Waals surface area contributed by atoms with Crippen molar-refractivity contribution in [3.05, 3.63) is 35.5 Å². The van der Waals surface area contributed by atoms with Crippen molar-refractivity contribution in [1.29, 1.82) is 0 Å². The number of ether oxygens (including phenoxy) is 1. The van der Waals surface area contributed by atoms with Crippen molar-refractivity contribution in [2.24, 2.45) is 7.05 Å². The first-order chi connectivity index (χ1) is 8.13. The largest absolute Gasteiger partial charge is 0.465 e. The van der Waals surface area contributed by atoms with Gasteiger partial charge in [0.1, 0.15) is 0 Å². The Labute approximate surface area is 102 Å². The fourth-order valence-corrected chi connectivity index (χ4v) is 1.83. The Morgan fingerprint density at radius 2 is 1.94 bits per heavy atom. The highest BCUT2D eigenvalue weighted by atomic mass is 16.5. The van der Waals surface area contributed by atoms with E-state index in [1.54, 1.807) is 6.07 Å². The second-order valence-corrected chi connectivity index (χ2v) is 3.65. The van der Waals surface area contributed by atoms with Gasteiger partial charge in [0.2, 0.25) is 0 Å². The van der Waals surface area contributed by atoms with Gasteiger partial charge in [-0.1, -0.05) is 19.9 Å². The van der Waals surface area contributed by atoms with Crippen LogP contribution in [0.3, 0.4) is 0 Å². The molecule has 1 aromatic carbocycles. The number of methoxy groups -OCH3 is 1. The fourth-order valence-electron chi connectivity index (χ4n) is 1.83. The smallest absolute Gasteiger partial charge is 0.337 e.